The summed E-state index contributed by atoms with van der Waals surface area (Å²) in [4.78, 5) is 11.3. The zero-order valence-corrected chi connectivity index (χ0v) is 9.06. The largest absolute Gasteiger partial charge is 0.354 e. The molecule has 1 aliphatic carbocycles. The Hall–Kier alpha value is -0.0500. The number of nitrogens with one attached hydrogen (secondary N) is 1. The topological polar surface area (TPSA) is 29.1 Å². The van der Waals surface area contributed by atoms with Gasteiger partial charge in [0.1, 0.15) is 0 Å². The Morgan fingerprint density at radius 2 is 2.33 bits per heavy atom. The highest BCUT2D eigenvalue weighted by molar-refractivity contribution is 9.09. The summed E-state index contributed by atoms with van der Waals surface area (Å²) in [5.41, 5.74) is 0. The monoisotopic (exact) mass is 233 g/mol. The van der Waals surface area contributed by atoms with Gasteiger partial charge in [-0.2, -0.15) is 0 Å². The van der Waals surface area contributed by atoms with E-state index in [0.717, 1.165) is 18.2 Å². The lowest BCUT2D eigenvalue weighted by Gasteiger charge is -2.11. The smallest absolute Gasteiger partial charge is 0.220 e. The van der Waals surface area contributed by atoms with E-state index in [4.69, 9.17) is 0 Å². The van der Waals surface area contributed by atoms with Crippen LogP contribution in [0.25, 0.3) is 0 Å². The van der Waals surface area contributed by atoms with Crippen LogP contribution in [0.5, 0.6) is 0 Å². The van der Waals surface area contributed by atoms with E-state index in [1.165, 1.54) is 12.8 Å². The average Bonchev–Trinajstić information content (AvgIpc) is 2.71. The van der Waals surface area contributed by atoms with Crippen molar-refractivity contribution in [2.24, 2.45) is 5.92 Å². The standard InChI is InChI=1S/C9H16BrNO/c1-7(4-5-10)11-9(12)6-8-2-3-8/h7-8H,2-6H2,1H3,(H,11,12). The molecule has 0 aliphatic heterocycles. The third-order valence-electron chi connectivity index (χ3n) is 2.12. The highest BCUT2D eigenvalue weighted by Gasteiger charge is 2.24. The van der Waals surface area contributed by atoms with E-state index < -0.39 is 0 Å². The first-order valence-electron chi connectivity index (χ1n) is 4.57. The molecule has 0 heterocycles. The highest BCUT2D eigenvalue weighted by atomic mass is 79.9. The number of halogens is 1. The first-order valence-corrected chi connectivity index (χ1v) is 5.70. The lowest BCUT2D eigenvalue weighted by atomic mass is 10.2. The Balaban J connectivity index is 2.06. The first-order chi connectivity index (χ1) is 5.72. The van der Waals surface area contributed by atoms with Crippen molar-refractivity contribution >= 4 is 21.8 Å². The molecule has 3 heteroatoms. The summed E-state index contributed by atoms with van der Waals surface area (Å²) in [6.07, 6.45) is 4.25. The molecule has 1 N–H and O–H groups in total. The highest BCUT2D eigenvalue weighted by Crippen LogP contribution is 2.32. The van der Waals surface area contributed by atoms with Gasteiger partial charge in [-0.15, -0.1) is 0 Å². The van der Waals surface area contributed by atoms with Gasteiger partial charge in [0, 0.05) is 17.8 Å². The molecule has 2 nitrogen and oxygen atoms in total. The number of carbonyl (C=O) groups is 1. The molecule has 0 radical (unpaired) electrons. The van der Waals surface area contributed by atoms with Crippen molar-refractivity contribution in [3.63, 3.8) is 0 Å². The maximum Gasteiger partial charge on any atom is 0.220 e. The molecule has 0 bridgehead atoms. The average molecular weight is 234 g/mol. The molecule has 1 aliphatic rings. The van der Waals surface area contributed by atoms with Crippen LogP contribution in [0.4, 0.5) is 0 Å². The molecule has 0 aromatic carbocycles. The molecule has 1 rings (SSSR count). The van der Waals surface area contributed by atoms with Gasteiger partial charge in [0.05, 0.1) is 0 Å². The third-order valence-corrected chi connectivity index (χ3v) is 2.58. The zero-order valence-electron chi connectivity index (χ0n) is 7.48. The molecule has 0 aromatic rings. The van der Waals surface area contributed by atoms with Crippen LogP contribution < -0.4 is 5.32 Å². The van der Waals surface area contributed by atoms with Gasteiger partial charge >= 0.3 is 0 Å². The van der Waals surface area contributed by atoms with Crippen LogP contribution >= 0.6 is 15.9 Å². The van der Waals surface area contributed by atoms with E-state index in [9.17, 15) is 4.79 Å². The number of carbonyl (C=O) groups excluding carboxylic acids is 1. The molecular weight excluding hydrogens is 218 g/mol. The number of amides is 1. The summed E-state index contributed by atoms with van der Waals surface area (Å²) in [6, 6.07) is 0.315. The van der Waals surface area contributed by atoms with Crippen LogP contribution in [0.3, 0.4) is 0 Å². The Labute approximate surface area is 82.2 Å². The Morgan fingerprint density at radius 3 is 2.83 bits per heavy atom. The fraction of sp³-hybridized carbons (Fsp3) is 0.889. The summed E-state index contributed by atoms with van der Waals surface area (Å²) in [6.45, 7) is 2.05. The van der Waals surface area contributed by atoms with E-state index in [-0.39, 0.29) is 5.91 Å². The van der Waals surface area contributed by atoms with Gasteiger partial charge in [-0.1, -0.05) is 15.9 Å². The summed E-state index contributed by atoms with van der Waals surface area (Å²) in [5, 5.41) is 3.94. The molecular formula is C9H16BrNO. The molecule has 1 saturated carbocycles. The predicted molar refractivity (Wildman–Crippen MR) is 53.4 cm³/mol. The van der Waals surface area contributed by atoms with Crippen LogP contribution in [-0.4, -0.2) is 17.3 Å². The van der Waals surface area contributed by atoms with Gasteiger partial charge in [0.25, 0.3) is 0 Å². The minimum absolute atomic E-state index is 0.228. The second-order valence-electron chi connectivity index (χ2n) is 3.59. The predicted octanol–water partition coefficient (Wildman–Crippen LogP) is 2.08. The Morgan fingerprint density at radius 1 is 1.67 bits per heavy atom. The van der Waals surface area contributed by atoms with E-state index in [0.29, 0.717) is 12.0 Å². The van der Waals surface area contributed by atoms with Crippen LogP contribution in [0.1, 0.15) is 32.6 Å². The van der Waals surface area contributed by atoms with E-state index in [2.05, 4.69) is 21.2 Å². The molecule has 70 valence electrons. The SMILES string of the molecule is CC(CCBr)NC(=O)CC1CC1. The van der Waals surface area contributed by atoms with E-state index in [1.54, 1.807) is 0 Å². The van der Waals surface area contributed by atoms with Crippen LogP contribution in [0.2, 0.25) is 0 Å². The molecule has 0 spiro atoms. The lowest BCUT2D eigenvalue weighted by molar-refractivity contribution is -0.122. The van der Waals surface area contributed by atoms with Gasteiger partial charge in [0.2, 0.25) is 5.91 Å². The third kappa shape index (κ3) is 4.10. The first kappa shape index (κ1) is 10.0. The van der Waals surface area contributed by atoms with E-state index >= 15 is 0 Å². The molecule has 1 fully saturated rings. The summed E-state index contributed by atoms with van der Waals surface area (Å²) >= 11 is 3.35. The maximum atomic E-state index is 11.3. The van der Waals surface area contributed by atoms with Gasteiger partial charge in [-0.05, 0) is 32.1 Å². The van der Waals surface area contributed by atoms with Crippen molar-refractivity contribution in [2.75, 3.05) is 5.33 Å². The molecule has 1 atom stereocenters. The summed E-state index contributed by atoms with van der Waals surface area (Å²) < 4.78 is 0. The van der Waals surface area contributed by atoms with E-state index in [1.807, 2.05) is 6.92 Å². The summed E-state index contributed by atoms with van der Waals surface area (Å²) in [7, 11) is 0. The zero-order chi connectivity index (χ0) is 8.97. The Kier molecular flexibility index (Phi) is 4.06. The van der Waals surface area contributed by atoms with Crippen molar-refractivity contribution in [3.8, 4) is 0 Å². The molecule has 0 aromatic heterocycles. The number of rotatable bonds is 5. The number of alkyl halides is 1. The van der Waals surface area contributed by atoms with Crippen molar-refractivity contribution in [1.29, 1.82) is 0 Å². The minimum Gasteiger partial charge on any atom is -0.354 e. The van der Waals surface area contributed by atoms with Gasteiger partial charge in [-0.3, -0.25) is 4.79 Å². The summed E-state index contributed by atoms with van der Waals surface area (Å²) in [5.74, 6) is 0.923. The number of hydrogen-bond donors (Lipinski definition) is 1. The normalized spacial score (nSPS) is 18.8. The van der Waals surface area contributed by atoms with Gasteiger partial charge < -0.3 is 5.32 Å². The lowest BCUT2D eigenvalue weighted by Crippen LogP contribution is -2.32. The van der Waals surface area contributed by atoms with Gasteiger partial charge in [-0.25, -0.2) is 0 Å². The van der Waals surface area contributed by atoms with Crippen LogP contribution in [-0.2, 0) is 4.79 Å². The number of hydrogen-bond acceptors (Lipinski definition) is 1. The maximum absolute atomic E-state index is 11.3. The van der Waals surface area contributed by atoms with Crippen molar-refractivity contribution in [3.05, 3.63) is 0 Å². The van der Waals surface area contributed by atoms with Crippen LogP contribution in [0.15, 0.2) is 0 Å². The second-order valence-corrected chi connectivity index (χ2v) is 4.39. The fourth-order valence-electron chi connectivity index (χ4n) is 1.15. The molecule has 0 saturated heterocycles. The molecule has 12 heavy (non-hydrogen) atoms. The van der Waals surface area contributed by atoms with Crippen molar-refractivity contribution in [2.45, 2.75) is 38.6 Å². The fourth-order valence-corrected chi connectivity index (χ4v) is 1.84. The van der Waals surface area contributed by atoms with Crippen molar-refractivity contribution < 1.29 is 4.79 Å². The van der Waals surface area contributed by atoms with Crippen molar-refractivity contribution in [1.82, 2.24) is 5.32 Å². The Bertz CT molecular complexity index is 157. The molecule has 1 amide bonds. The minimum atomic E-state index is 0.228. The second kappa shape index (κ2) is 4.85. The molecule has 1 unspecified atom stereocenters. The van der Waals surface area contributed by atoms with Gasteiger partial charge in [0.15, 0.2) is 0 Å². The quantitative estimate of drug-likeness (QED) is 0.725. The van der Waals surface area contributed by atoms with Crippen LogP contribution in [0, 0.1) is 5.92 Å².